The summed E-state index contributed by atoms with van der Waals surface area (Å²) in [6.45, 7) is 1.93. The normalized spacial score (nSPS) is 16.3. The Hall–Kier alpha value is -1.77. The number of hydrogen-bond donors (Lipinski definition) is 1. The summed E-state index contributed by atoms with van der Waals surface area (Å²) in [4.78, 5) is 29.3. The highest BCUT2D eigenvalue weighted by molar-refractivity contribution is 9.11. The fourth-order valence-corrected chi connectivity index (χ4v) is 5.05. The molecule has 0 unspecified atom stereocenters. The summed E-state index contributed by atoms with van der Waals surface area (Å²) in [5, 5.41) is 2.78. The lowest BCUT2D eigenvalue weighted by Crippen LogP contribution is -2.26. The summed E-state index contributed by atoms with van der Waals surface area (Å²) in [6, 6.07) is 5.36. The molecule has 3 aromatic rings. The van der Waals surface area contributed by atoms with Gasteiger partial charge in [0.05, 0.1) is 20.6 Å². The fraction of sp³-hybridized carbons (Fsp3) is 0.167. The number of fused-ring (bicyclic) bond motifs is 3. The van der Waals surface area contributed by atoms with Gasteiger partial charge in [0.1, 0.15) is 11.3 Å². The van der Waals surface area contributed by atoms with Gasteiger partial charge in [-0.3, -0.25) is 14.9 Å². The van der Waals surface area contributed by atoms with Gasteiger partial charge in [-0.2, -0.15) is 0 Å². The third-order valence-electron chi connectivity index (χ3n) is 4.45. The predicted molar refractivity (Wildman–Crippen MR) is 108 cm³/mol. The fourth-order valence-electron chi connectivity index (χ4n) is 3.25. The third-order valence-corrected chi connectivity index (χ3v) is 6.16. The molecule has 0 saturated carbocycles. The van der Waals surface area contributed by atoms with Crippen molar-refractivity contribution in [3.8, 4) is 0 Å². The van der Waals surface area contributed by atoms with Crippen molar-refractivity contribution < 1.29 is 14.0 Å². The van der Waals surface area contributed by atoms with E-state index in [9.17, 15) is 14.0 Å². The second-order valence-corrected chi connectivity index (χ2v) is 8.33. The largest absolute Gasteiger partial charge is 0.307 e. The van der Waals surface area contributed by atoms with Crippen molar-refractivity contribution in [1.29, 1.82) is 0 Å². The molecule has 1 aliphatic heterocycles. The number of imidazole rings is 1. The molecule has 0 aliphatic carbocycles. The molecule has 1 aromatic heterocycles. The summed E-state index contributed by atoms with van der Waals surface area (Å²) < 4.78 is 16.3. The van der Waals surface area contributed by atoms with Gasteiger partial charge in [0.25, 0.3) is 0 Å². The predicted octanol–water partition coefficient (Wildman–Crippen LogP) is 5.49. The number of carbonyl (C=O) groups is 2. The van der Waals surface area contributed by atoms with E-state index in [1.165, 1.54) is 12.1 Å². The molecule has 1 amide bonds. The molecule has 0 spiro atoms. The van der Waals surface area contributed by atoms with Crippen LogP contribution >= 0.6 is 43.5 Å². The van der Waals surface area contributed by atoms with Crippen LogP contribution in [0.2, 0.25) is 5.02 Å². The monoisotopic (exact) mass is 513 g/mol. The SMILES string of the molecule is C[C@@H]1CC(=O)Nc2nc3c(Br)c(C(=O)c4ccc(F)cc4Cl)c(Br)cc3n21. The van der Waals surface area contributed by atoms with E-state index >= 15 is 0 Å². The smallest absolute Gasteiger partial charge is 0.228 e. The minimum absolute atomic E-state index is 0.0314. The zero-order chi connectivity index (χ0) is 19.5. The number of aromatic nitrogens is 2. The van der Waals surface area contributed by atoms with Gasteiger partial charge in [-0.05, 0) is 63.0 Å². The highest BCUT2D eigenvalue weighted by Crippen LogP contribution is 2.39. The van der Waals surface area contributed by atoms with Crippen LogP contribution in [0.25, 0.3) is 11.0 Å². The minimum Gasteiger partial charge on any atom is -0.307 e. The van der Waals surface area contributed by atoms with Crippen LogP contribution in [0, 0.1) is 5.82 Å². The van der Waals surface area contributed by atoms with Gasteiger partial charge in [0, 0.05) is 22.5 Å². The number of nitrogens with one attached hydrogen (secondary N) is 1. The molecule has 4 rings (SSSR count). The van der Waals surface area contributed by atoms with Gasteiger partial charge >= 0.3 is 0 Å². The molecular weight excluding hydrogens is 504 g/mol. The van der Waals surface area contributed by atoms with Crippen LogP contribution in [0.15, 0.2) is 33.2 Å². The quantitative estimate of drug-likeness (QED) is 0.459. The topological polar surface area (TPSA) is 64.0 Å². The molecule has 2 aromatic carbocycles. The second kappa shape index (κ2) is 6.68. The van der Waals surface area contributed by atoms with Crippen molar-refractivity contribution in [1.82, 2.24) is 9.55 Å². The average molecular weight is 516 g/mol. The van der Waals surface area contributed by atoms with E-state index in [-0.39, 0.29) is 28.3 Å². The van der Waals surface area contributed by atoms with Crippen LogP contribution in [0.4, 0.5) is 10.3 Å². The van der Waals surface area contributed by atoms with Crippen molar-refractivity contribution in [2.75, 3.05) is 5.32 Å². The van der Waals surface area contributed by atoms with Crippen molar-refractivity contribution in [3.63, 3.8) is 0 Å². The van der Waals surface area contributed by atoms with Crippen LogP contribution in [-0.2, 0) is 4.79 Å². The Morgan fingerprint density at radius 1 is 1.37 bits per heavy atom. The molecule has 1 N–H and O–H groups in total. The maximum Gasteiger partial charge on any atom is 0.228 e. The first-order chi connectivity index (χ1) is 12.8. The lowest BCUT2D eigenvalue weighted by molar-refractivity contribution is -0.117. The Labute approximate surface area is 175 Å². The first-order valence-electron chi connectivity index (χ1n) is 7.97. The number of rotatable bonds is 2. The first kappa shape index (κ1) is 18.6. The van der Waals surface area contributed by atoms with Crippen LogP contribution in [0.3, 0.4) is 0 Å². The van der Waals surface area contributed by atoms with Crippen molar-refractivity contribution in [2.45, 2.75) is 19.4 Å². The molecular formula is C18H11Br2ClFN3O2. The van der Waals surface area contributed by atoms with Crippen LogP contribution < -0.4 is 5.32 Å². The van der Waals surface area contributed by atoms with Crippen molar-refractivity contribution >= 4 is 72.1 Å². The number of nitrogens with zero attached hydrogens (tertiary/aromatic N) is 2. The highest BCUT2D eigenvalue weighted by atomic mass is 79.9. The average Bonchev–Trinajstić information content (AvgIpc) is 2.93. The number of amides is 1. The highest BCUT2D eigenvalue weighted by Gasteiger charge is 2.29. The first-order valence-corrected chi connectivity index (χ1v) is 9.94. The molecule has 0 bridgehead atoms. The van der Waals surface area contributed by atoms with Crippen LogP contribution in [0.1, 0.15) is 35.3 Å². The Kier molecular flexibility index (Phi) is 4.60. The standard InChI is InChI=1S/C18H11Br2ClFN3O2/c1-7-4-13(26)23-18-24-16-12(25(7)18)6-10(19)14(15(16)20)17(27)9-3-2-8(22)5-11(9)21/h2-3,5-7H,4H2,1H3,(H,23,24,26)/t7-/m1/s1. The van der Waals surface area contributed by atoms with E-state index in [1.54, 1.807) is 6.07 Å². The van der Waals surface area contributed by atoms with Gasteiger partial charge in [0.2, 0.25) is 11.9 Å². The van der Waals surface area contributed by atoms with Gasteiger partial charge in [-0.25, -0.2) is 9.37 Å². The molecule has 0 saturated heterocycles. The zero-order valence-corrected chi connectivity index (χ0v) is 17.7. The Morgan fingerprint density at radius 2 is 2.11 bits per heavy atom. The number of benzene rings is 2. The molecule has 138 valence electrons. The summed E-state index contributed by atoms with van der Waals surface area (Å²) in [5.74, 6) is -0.555. The molecule has 0 radical (unpaired) electrons. The van der Waals surface area contributed by atoms with Crippen LogP contribution in [0.5, 0.6) is 0 Å². The second-order valence-electron chi connectivity index (χ2n) is 6.28. The summed E-state index contributed by atoms with van der Waals surface area (Å²) in [7, 11) is 0. The van der Waals surface area contributed by atoms with E-state index < -0.39 is 5.82 Å². The Bertz CT molecular complexity index is 1150. The van der Waals surface area contributed by atoms with Gasteiger partial charge < -0.3 is 4.57 Å². The molecule has 0 fully saturated rings. The van der Waals surface area contributed by atoms with E-state index in [1.807, 2.05) is 11.5 Å². The lowest BCUT2D eigenvalue weighted by atomic mass is 10.0. The zero-order valence-electron chi connectivity index (χ0n) is 13.8. The summed E-state index contributed by atoms with van der Waals surface area (Å²) in [6.07, 6.45) is 0.347. The molecule has 9 heteroatoms. The van der Waals surface area contributed by atoms with Crippen molar-refractivity contribution in [3.05, 3.63) is 55.2 Å². The number of carbonyl (C=O) groups excluding carboxylic acids is 2. The summed E-state index contributed by atoms with van der Waals surface area (Å²) >= 11 is 13.0. The number of anilines is 1. The molecule has 27 heavy (non-hydrogen) atoms. The molecule has 5 nitrogen and oxygen atoms in total. The summed E-state index contributed by atoms with van der Waals surface area (Å²) in [5.41, 5.74) is 1.83. The van der Waals surface area contributed by atoms with Gasteiger partial charge in [-0.15, -0.1) is 0 Å². The third kappa shape index (κ3) is 2.99. The maximum atomic E-state index is 13.3. The van der Waals surface area contributed by atoms with E-state index in [0.29, 0.717) is 32.4 Å². The molecule has 1 atom stereocenters. The molecule has 1 aliphatic rings. The van der Waals surface area contributed by atoms with Crippen LogP contribution in [-0.4, -0.2) is 21.2 Å². The van der Waals surface area contributed by atoms with E-state index in [4.69, 9.17) is 11.6 Å². The number of ketones is 1. The number of hydrogen-bond acceptors (Lipinski definition) is 3. The maximum absolute atomic E-state index is 13.3. The lowest BCUT2D eigenvalue weighted by Gasteiger charge is -2.22. The van der Waals surface area contributed by atoms with Crippen molar-refractivity contribution in [2.24, 2.45) is 0 Å². The van der Waals surface area contributed by atoms with Gasteiger partial charge in [0.15, 0.2) is 5.78 Å². The van der Waals surface area contributed by atoms with Gasteiger partial charge in [-0.1, -0.05) is 11.6 Å². The Morgan fingerprint density at radius 3 is 2.81 bits per heavy atom. The van der Waals surface area contributed by atoms with E-state index in [0.717, 1.165) is 11.6 Å². The molecule has 2 heterocycles. The number of halogens is 4. The Balaban J connectivity index is 1.93. The minimum atomic E-state index is -0.517. The van der Waals surface area contributed by atoms with E-state index in [2.05, 4.69) is 42.2 Å².